The Morgan fingerprint density at radius 2 is 1.97 bits per heavy atom. The normalized spacial score (nSPS) is 15.9. The second kappa shape index (κ2) is 8.93. The highest BCUT2D eigenvalue weighted by atomic mass is 32.2. The summed E-state index contributed by atoms with van der Waals surface area (Å²) in [6.07, 6.45) is 1.48. The van der Waals surface area contributed by atoms with Crippen LogP contribution in [-0.2, 0) is 16.1 Å². The maximum absolute atomic E-state index is 12.9. The first-order valence-electron chi connectivity index (χ1n) is 10.1. The topological polar surface area (TPSA) is 84.3 Å². The number of aromatic nitrogens is 2. The minimum absolute atomic E-state index is 0.102. The molecule has 7 nitrogen and oxygen atoms in total. The van der Waals surface area contributed by atoms with Gasteiger partial charge in [0.2, 0.25) is 17.2 Å². The number of rotatable bonds is 5. The van der Waals surface area contributed by atoms with Gasteiger partial charge in [0.05, 0.1) is 24.1 Å². The number of nitrogens with one attached hydrogen (secondary N) is 1. The third kappa shape index (κ3) is 4.49. The second-order valence-corrected chi connectivity index (χ2v) is 8.67. The van der Waals surface area contributed by atoms with Crippen molar-refractivity contribution in [2.75, 3.05) is 16.9 Å². The summed E-state index contributed by atoms with van der Waals surface area (Å²) in [5.41, 5.74) is 3.56. The van der Waals surface area contributed by atoms with Crippen molar-refractivity contribution in [2.45, 2.75) is 32.9 Å². The lowest BCUT2D eigenvalue weighted by atomic mass is 10.1. The summed E-state index contributed by atoms with van der Waals surface area (Å²) in [5.74, 6) is 0.785. The van der Waals surface area contributed by atoms with E-state index in [1.54, 1.807) is 33.5 Å². The van der Waals surface area contributed by atoms with Crippen molar-refractivity contribution < 1.29 is 9.59 Å². The Hall–Kier alpha value is -3.13. The molecule has 2 amide bonds. The van der Waals surface area contributed by atoms with Gasteiger partial charge in [-0.2, -0.15) is 5.10 Å². The molecule has 1 fully saturated rings. The molecule has 0 saturated carbocycles. The Labute approximate surface area is 184 Å². The summed E-state index contributed by atoms with van der Waals surface area (Å²) in [7, 11) is 0. The molecular weight excluding hydrogens is 412 g/mol. The zero-order chi connectivity index (χ0) is 22.0. The van der Waals surface area contributed by atoms with E-state index in [1.165, 1.54) is 6.20 Å². The van der Waals surface area contributed by atoms with Gasteiger partial charge < -0.3 is 10.2 Å². The average molecular weight is 437 g/mol. The third-order valence-corrected chi connectivity index (χ3v) is 6.59. The molecule has 1 aliphatic rings. The molecule has 1 atom stereocenters. The molecule has 2 heterocycles. The lowest BCUT2D eigenvalue weighted by molar-refractivity contribution is -0.136. The fourth-order valence-electron chi connectivity index (χ4n) is 3.63. The van der Waals surface area contributed by atoms with E-state index in [1.807, 2.05) is 44.2 Å². The van der Waals surface area contributed by atoms with Crippen LogP contribution in [0.4, 0.5) is 5.69 Å². The monoisotopic (exact) mass is 436 g/mol. The molecule has 1 N–H and O–H groups in total. The van der Waals surface area contributed by atoms with Crippen LogP contribution in [0.5, 0.6) is 0 Å². The third-order valence-electron chi connectivity index (χ3n) is 5.58. The molecule has 4 rings (SSSR count). The smallest absolute Gasteiger partial charge is 0.248 e. The fourth-order valence-corrected chi connectivity index (χ4v) is 4.82. The van der Waals surface area contributed by atoms with Crippen LogP contribution in [0.3, 0.4) is 0 Å². The van der Waals surface area contributed by atoms with Crippen molar-refractivity contribution in [1.82, 2.24) is 14.7 Å². The highest BCUT2D eigenvalue weighted by molar-refractivity contribution is 7.99. The van der Waals surface area contributed by atoms with Gasteiger partial charge in [0.25, 0.3) is 0 Å². The number of fused-ring (bicyclic) bond motifs is 1. The van der Waals surface area contributed by atoms with Crippen LogP contribution in [0, 0.1) is 13.8 Å². The van der Waals surface area contributed by atoms with E-state index in [-0.39, 0.29) is 23.7 Å². The Balaban J connectivity index is 1.43. The van der Waals surface area contributed by atoms with Gasteiger partial charge in [-0.05, 0) is 49.2 Å². The van der Waals surface area contributed by atoms with Crippen molar-refractivity contribution in [3.05, 3.63) is 70.0 Å². The van der Waals surface area contributed by atoms with Gasteiger partial charge >= 0.3 is 0 Å². The summed E-state index contributed by atoms with van der Waals surface area (Å²) in [4.78, 5) is 39.4. The Bertz CT molecular complexity index is 1210. The van der Waals surface area contributed by atoms with Crippen LogP contribution in [-0.4, -0.2) is 44.2 Å². The van der Waals surface area contributed by atoms with Gasteiger partial charge in [0.1, 0.15) is 6.04 Å². The van der Waals surface area contributed by atoms with Crippen LogP contribution in [0.2, 0.25) is 0 Å². The van der Waals surface area contributed by atoms with Crippen molar-refractivity contribution in [2.24, 2.45) is 0 Å². The van der Waals surface area contributed by atoms with Crippen molar-refractivity contribution in [3.63, 3.8) is 0 Å². The molecule has 3 aromatic rings. The molecule has 2 aromatic carbocycles. The first kappa shape index (κ1) is 21.1. The Morgan fingerprint density at radius 3 is 2.77 bits per heavy atom. The van der Waals surface area contributed by atoms with Gasteiger partial charge in [-0.15, -0.1) is 11.8 Å². The van der Waals surface area contributed by atoms with E-state index in [4.69, 9.17) is 0 Å². The minimum Gasteiger partial charge on any atom is -0.324 e. The number of hydrogen-bond acceptors (Lipinski definition) is 5. The van der Waals surface area contributed by atoms with Gasteiger partial charge in [0, 0.05) is 23.2 Å². The second-order valence-electron chi connectivity index (χ2n) is 7.67. The van der Waals surface area contributed by atoms with E-state index < -0.39 is 6.04 Å². The summed E-state index contributed by atoms with van der Waals surface area (Å²) in [6.45, 7) is 4.36. The molecule has 1 unspecified atom stereocenters. The van der Waals surface area contributed by atoms with Crippen LogP contribution < -0.4 is 10.7 Å². The van der Waals surface area contributed by atoms with E-state index in [9.17, 15) is 14.4 Å². The summed E-state index contributed by atoms with van der Waals surface area (Å²) >= 11 is 1.57. The average Bonchev–Trinajstić information content (AvgIpc) is 3.26. The highest BCUT2D eigenvalue weighted by Crippen LogP contribution is 2.24. The van der Waals surface area contributed by atoms with E-state index in [0.29, 0.717) is 29.1 Å². The molecule has 160 valence electrons. The van der Waals surface area contributed by atoms with E-state index in [0.717, 1.165) is 16.8 Å². The quantitative estimate of drug-likeness (QED) is 0.665. The van der Waals surface area contributed by atoms with Crippen LogP contribution >= 0.6 is 11.8 Å². The predicted molar refractivity (Wildman–Crippen MR) is 123 cm³/mol. The van der Waals surface area contributed by atoms with Crippen molar-refractivity contribution in [3.8, 4) is 0 Å². The largest absolute Gasteiger partial charge is 0.324 e. The number of hydrogen-bond donors (Lipinski definition) is 1. The first-order valence-corrected chi connectivity index (χ1v) is 11.3. The molecule has 1 saturated heterocycles. The minimum atomic E-state index is -0.502. The maximum Gasteiger partial charge on any atom is 0.248 e. The van der Waals surface area contributed by atoms with Crippen LogP contribution in [0.25, 0.3) is 10.9 Å². The highest BCUT2D eigenvalue weighted by Gasteiger charge is 2.34. The number of nitrogens with zero attached hydrogens (tertiary/aromatic N) is 3. The molecule has 31 heavy (non-hydrogen) atoms. The van der Waals surface area contributed by atoms with Crippen molar-refractivity contribution >= 4 is 40.2 Å². The number of anilines is 1. The van der Waals surface area contributed by atoms with Gasteiger partial charge in [0.15, 0.2) is 0 Å². The summed E-state index contributed by atoms with van der Waals surface area (Å²) < 4.78 is 1.67. The lowest BCUT2D eigenvalue weighted by Crippen LogP contribution is -2.44. The number of amides is 2. The molecule has 1 aliphatic heterocycles. The molecule has 0 radical (unpaired) electrons. The molecule has 0 aliphatic carbocycles. The van der Waals surface area contributed by atoms with Gasteiger partial charge in [-0.3, -0.25) is 19.1 Å². The van der Waals surface area contributed by atoms with E-state index in [2.05, 4.69) is 10.4 Å². The zero-order valence-electron chi connectivity index (χ0n) is 17.5. The lowest BCUT2D eigenvalue weighted by Gasteiger charge is -2.23. The SMILES string of the molecule is Cc1ccc(NC(=O)C2CSCN2C(=O)CCn2ncc(=O)c3ccccc32)cc1C. The zero-order valence-corrected chi connectivity index (χ0v) is 18.3. The van der Waals surface area contributed by atoms with Gasteiger partial charge in [-0.25, -0.2) is 0 Å². The molecule has 0 spiro atoms. The van der Waals surface area contributed by atoms with Crippen molar-refractivity contribution in [1.29, 1.82) is 0 Å². The number of benzene rings is 2. The van der Waals surface area contributed by atoms with Gasteiger partial charge in [-0.1, -0.05) is 18.2 Å². The summed E-state index contributed by atoms with van der Waals surface area (Å²) in [5, 5.41) is 7.70. The summed E-state index contributed by atoms with van der Waals surface area (Å²) in [6, 6.07) is 12.5. The number of para-hydroxylation sites is 1. The van der Waals surface area contributed by atoms with Crippen LogP contribution in [0.15, 0.2) is 53.5 Å². The standard InChI is InChI=1S/C23H24N4O3S/c1-15-7-8-17(11-16(15)2)25-23(30)20-13-31-14-26(20)22(29)9-10-27-19-6-4-3-5-18(19)21(28)12-24-27/h3-8,11-12,20H,9-10,13-14H2,1-2H3,(H,25,30). The number of carbonyl (C=O) groups excluding carboxylic acids is 2. The molecule has 0 bridgehead atoms. The fraction of sp³-hybridized carbons (Fsp3) is 0.304. The predicted octanol–water partition coefficient (Wildman–Crippen LogP) is 2.94. The van der Waals surface area contributed by atoms with Crippen LogP contribution in [0.1, 0.15) is 17.5 Å². The number of thioether (sulfide) groups is 1. The maximum atomic E-state index is 12.9. The Morgan fingerprint density at radius 1 is 1.16 bits per heavy atom. The number of aryl methyl sites for hydroxylation is 3. The molecular formula is C23H24N4O3S. The Kier molecular flexibility index (Phi) is 6.08. The molecule has 8 heteroatoms. The first-order chi connectivity index (χ1) is 14.9. The van der Waals surface area contributed by atoms with E-state index >= 15 is 0 Å². The molecule has 1 aromatic heterocycles. The number of carbonyl (C=O) groups is 2.